The second kappa shape index (κ2) is 5.36. The molecule has 0 bridgehead atoms. The molecule has 0 spiro atoms. The molecule has 0 rings (SSSR count). The Balaban J connectivity index is 4.24. The van der Waals surface area contributed by atoms with Gasteiger partial charge in [-0.1, -0.05) is 28.8 Å². The van der Waals surface area contributed by atoms with Gasteiger partial charge in [0.1, 0.15) is 6.17 Å². The summed E-state index contributed by atoms with van der Waals surface area (Å²) in [5, 5.41) is 0.344. The van der Waals surface area contributed by atoms with E-state index in [9.17, 15) is 4.39 Å². The molecule has 0 nitrogen and oxygen atoms in total. The Kier molecular flexibility index (Phi) is 5.23. The highest BCUT2D eigenvalue weighted by Crippen LogP contribution is 2.22. The Morgan fingerprint density at radius 1 is 1.42 bits per heavy atom. The second-order valence-electron chi connectivity index (χ2n) is 3.15. The first-order chi connectivity index (χ1) is 5.49. The van der Waals surface area contributed by atoms with E-state index in [1.807, 2.05) is 33.8 Å². The maximum absolute atomic E-state index is 13.3. The first kappa shape index (κ1) is 11.7. The molecule has 0 fully saturated rings. The predicted octanol–water partition coefficient (Wildman–Crippen LogP) is 4.21. The average molecular weight is 191 g/mol. The van der Waals surface area contributed by atoms with Gasteiger partial charge in [-0.25, -0.2) is 4.39 Å². The van der Waals surface area contributed by atoms with Crippen LogP contribution < -0.4 is 0 Å². The van der Waals surface area contributed by atoms with E-state index in [0.717, 1.165) is 11.1 Å². The van der Waals surface area contributed by atoms with Crippen molar-refractivity contribution in [2.75, 3.05) is 0 Å². The van der Waals surface area contributed by atoms with Gasteiger partial charge in [-0.15, -0.1) is 0 Å². The maximum Gasteiger partial charge on any atom is 0.139 e. The number of alkyl halides is 1. The van der Waals surface area contributed by atoms with Crippen LogP contribution in [0.25, 0.3) is 0 Å². The van der Waals surface area contributed by atoms with Crippen LogP contribution in [-0.2, 0) is 0 Å². The third kappa shape index (κ3) is 3.91. The molecule has 12 heavy (non-hydrogen) atoms. The summed E-state index contributed by atoms with van der Waals surface area (Å²) in [7, 11) is 0. The summed E-state index contributed by atoms with van der Waals surface area (Å²) in [4.78, 5) is 0. The van der Waals surface area contributed by atoms with Crippen LogP contribution in [0.3, 0.4) is 0 Å². The van der Waals surface area contributed by atoms with Crippen molar-refractivity contribution < 1.29 is 4.39 Å². The minimum absolute atomic E-state index is 0.344. The van der Waals surface area contributed by atoms with Crippen molar-refractivity contribution in [1.82, 2.24) is 0 Å². The predicted molar refractivity (Wildman–Crippen MR) is 53.2 cm³/mol. The summed E-state index contributed by atoms with van der Waals surface area (Å²) in [6, 6.07) is 0. The fraction of sp³-hybridized carbons (Fsp3) is 0.600. The SMILES string of the molecule is CC=C(C)CC(F)C(Cl)=C(C)C. The van der Waals surface area contributed by atoms with E-state index >= 15 is 0 Å². The van der Waals surface area contributed by atoms with Crippen molar-refractivity contribution >= 4 is 11.6 Å². The molecule has 0 aliphatic carbocycles. The molecule has 0 radical (unpaired) electrons. The van der Waals surface area contributed by atoms with Gasteiger partial charge in [0.25, 0.3) is 0 Å². The fourth-order valence-corrected chi connectivity index (χ4v) is 0.881. The lowest BCUT2D eigenvalue weighted by atomic mass is 10.1. The van der Waals surface area contributed by atoms with Gasteiger partial charge in [-0.05, 0) is 27.7 Å². The minimum Gasteiger partial charge on any atom is -0.241 e. The van der Waals surface area contributed by atoms with Gasteiger partial charge in [0.05, 0.1) is 5.03 Å². The van der Waals surface area contributed by atoms with Gasteiger partial charge in [0.15, 0.2) is 0 Å². The molecule has 2 heteroatoms. The van der Waals surface area contributed by atoms with Crippen LogP contribution in [0, 0.1) is 0 Å². The topological polar surface area (TPSA) is 0 Å². The summed E-state index contributed by atoms with van der Waals surface area (Å²) >= 11 is 5.74. The Labute approximate surface area is 79.1 Å². The smallest absolute Gasteiger partial charge is 0.139 e. The van der Waals surface area contributed by atoms with Crippen molar-refractivity contribution in [3.8, 4) is 0 Å². The van der Waals surface area contributed by atoms with E-state index in [1.165, 1.54) is 0 Å². The van der Waals surface area contributed by atoms with Crippen LogP contribution in [0.1, 0.15) is 34.1 Å². The molecular formula is C10H16ClF. The lowest BCUT2D eigenvalue weighted by Crippen LogP contribution is -2.02. The molecule has 0 aliphatic rings. The van der Waals surface area contributed by atoms with Crippen molar-refractivity contribution in [2.24, 2.45) is 0 Å². The van der Waals surface area contributed by atoms with Crippen LogP contribution in [0.2, 0.25) is 0 Å². The zero-order valence-corrected chi connectivity index (χ0v) is 8.87. The molecule has 0 saturated carbocycles. The highest BCUT2D eigenvalue weighted by atomic mass is 35.5. The quantitative estimate of drug-likeness (QED) is 0.585. The highest BCUT2D eigenvalue weighted by molar-refractivity contribution is 6.30. The molecule has 0 saturated heterocycles. The van der Waals surface area contributed by atoms with E-state index in [1.54, 1.807) is 0 Å². The van der Waals surface area contributed by atoms with Crippen LogP contribution >= 0.6 is 11.6 Å². The van der Waals surface area contributed by atoms with Gasteiger partial charge < -0.3 is 0 Å². The van der Waals surface area contributed by atoms with E-state index < -0.39 is 6.17 Å². The number of hydrogen-bond acceptors (Lipinski definition) is 0. The largest absolute Gasteiger partial charge is 0.241 e. The van der Waals surface area contributed by atoms with Gasteiger partial charge in [0.2, 0.25) is 0 Å². The van der Waals surface area contributed by atoms with Crippen molar-refractivity contribution in [3.63, 3.8) is 0 Å². The van der Waals surface area contributed by atoms with Gasteiger partial charge >= 0.3 is 0 Å². The third-order valence-corrected chi connectivity index (χ3v) is 2.36. The van der Waals surface area contributed by atoms with Crippen LogP contribution in [-0.4, -0.2) is 6.17 Å². The molecule has 0 aromatic heterocycles. The van der Waals surface area contributed by atoms with E-state index in [4.69, 9.17) is 11.6 Å². The van der Waals surface area contributed by atoms with Crippen LogP contribution in [0.15, 0.2) is 22.3 Å². The average Bonchev–Trinajstić information content (AvgIpc) is 2.02. The minimum atomic E-state index is -1.03. The second-order valence-corrected chi connectivity index (χ2v) is 3.56. The molecular weight excluding hydrogens is 175 g/mol. The zero-order valence-electron chi connectivity index (χ0n) is 8.12. The zero-order chi connectivity index (χ0) is 9.72. The van der Waals surface area contributed by atoms with E-state index in [0.29, 0.717) is 11.5 Å². The Bertz CT molecular complexity index is 200. The number of hydrogen-bond donors (Lipinski definition) is 0. The molecule has 0 heterocycles. The summed E-state index contributed by atoms with van der Waals surface area (Å²) < 4.78 is 13.3. The van der Waals surface area contributed by atoms with Gasteiger partial charge in [-0.3, -0.25) is 0 Å². The molecule has 0 aliphatic heterocycles. The summed E-state index contributed by atoms with van der Waals surface area (Å²) in [6.45, 7) is 7.44. The molecule has 0 N–H and O–H groups in total. The maximum atomic E-state index is 13.3. The lowest BCUT2D eigenvalue weighted by Gasteiger charge is -2.08. The normalized spacial score (nSPS) is 14.3. The van der Waals surface area contributed by atoms with Crippen LogP contribution in [0.5, 0.6) is 0 Å². The summed E-state index contributed by atoms with van der Waals surface area (Å²) in [6.07, 6.45) is 1.27. The Morgan fingerprint density at radius 2 is 1.92 bits per heavy atom. The lowest BCUT2D eigenvalue weighted by molar-refractivity contribution is 0.389. The molecule has 0 aromatic rings. The molecule has 70 valence electrons. The first-order valence-corrected chi connectivity index (χ1v) is 4.45. The van der Waals surface area contributed by atoms with Crippen molar-refractivity contribution in [2.45, 2.75) is 40.3 Å². The Hall–Kier alpha value is -0.300. The van der Waals surface area contributed by atoms with Gasteiger partial charge in [0, 0.05) is 6.42 Å². The summed E-state index contributed by atoms with van der Waals surface area (Å²) in [5.74, 6) is 0. The Morgan fingerprint density at radius 3 is 2.25 bits per heavy atom. The molecule has 0 aromatic carbocycles. The number of allylic oxidation sites excluding steroid dienone is 4. The monoisotopic (exact) mass is 190 g/mol. The molecule has 1 unspecified atom stereocenters. The fourth-order valence-electron chi connectivity index (χ4n) is 0.803. The molecule has 0 amide bonds. The standard InChI is InChI=1S/C10H16ClF/c1-5-8(4)6-9(12)10(11)7(2)3/h5,9H,6H2,1-4H3. The van der Waals surface area contributed by atoms with Gasteiger partial charge in [-0.2, -0.15) is 0 Å². The first-order valence-electron chi connectivity index (χ1n) is 4.07. The van der Waals surface area contributed by atoms with Crippen molar-refractivity contribution in [1.29, 1.82) is 0 Å². The highest BCUT2D eigenvalue weighted by Gasteiger charge is 2.12. The molecule has 1 atom stereocenters. The van der Waals surface area contributed by atoms with Crippen LogP contribution in [0.4, 0.5) is 4.39 Å². The number of rotatable bonds is 3. The number of halogens is 2. The summed E-state index contributed by atoms with van der Waals surface area (Å²) in [5.41, 5.74) is 1.88. The van der Waals surface area contributed by atoms with E-state index in [2.05, 4.69) is 0 Å². The third-order valence-electron chi connectivity index (χ3n) is 1.75. The van der Waals surface area contributed by atoms with E-state index in [-0.39, 0.29) is 0 Å². The van der Waals surface area contributed by atoms with Crippen molar-refractivity contribution in [3.05, 3.63) is 22.3 Å².